The van der Waals surface area contributed by atoms with Gasteiger partial charge in [-0.2, -0.15) is 0 Å². The third-order valence-electron chi connectivity index (χ3n) is 4.15. The van der Waals surface area contributed by atoms with Crippen LogP contribution in [-0.4, -0.2) is 31.1 Å². The Labute approximate surface area is 162 Å². The van der Waals surface area contributed by atoms with Gasteiger partial charge in [-0.3, -0.25) is 4.79 Å². The molecule has 0 aliphatic rings. The summed E-state index contributed by atoms with van der Waals surface area (Å²) < 4.78 is 15.5. The zero-order valence-electron chi connectivity index (χ0n) is 15.8. The van der Waals surface area contributed by atoms with Gasteiger partial charge in [0.05, 0.1) is 14.2 Å². The molecule has 0 fully saturated rings. The summed E-state index contributed by atoms with van der Waals surface area (Å²) in [5.41, 5.74) is 2.03. The standard InChI is InChI=1S/C21H20N2O5/c1-13-18(23-20(28-13)15-7-5-4-6-8-15)19(24)22-12-14-9-10-17(26-2)16(11-14)21(25)27-3/h4-11H,12H2,1-3H3,(H,22,24). The van der Waals surface area contributed by atoms with Gasteiger partial charge in [0, 0.05) is 12.1 Å². The van der Waals surface area contributed by atoms with Crippen LogP contribution >= 0.6 is 0 Å². The van der Waals surface area contributed by atoms with E-state index in [1.54, 1.807) is 25.1 Å². The summed E-state index contributed by atoms with van der Waals surface area (Å²) in [6.07, 6.45) is 0. The van der Waals surface area contributed by atoms with Gasteiger partial charge >= 0.3 is 5.97 Å². The van der Waals surface area contributed by atoms with Crippen LogP contribution in [0.5, 0.6) is 5.75 Å². The molecule has 0 aliphatic carbocycles. The highest BCUT2D eigenvalue weighted by Crippen LogP contribution is 2.22. The number of nitrogens with one attached hydrogen (secondary N) is 1. The van der Waals surface area contributed by atoms with Crippen molar-refractivity contribution in [1.82, 2.24) is 10.3 Å². The molecule has 0 spiro atoms. The molecule has 28 heavy (non-hydrogen) atoms. The monoisotopic (exact) mass is 380 g/mol. The highest BCUT2D eigenvalue weighted by atomic mass is 16.5. The van der Waals surface area contributed by atoms with Gasteiger partial charge in [-0.05, 0) is 36.8 Å². The van der Waals surface area contributed by atoms with Gasteiger partial charge in [0.15, 0.2) is 5.69 Å². The average Bonchev–Trinajstić information content (AvgIpc) is 3.13. The fourth-order valence-corrected chi connectivity index (χ4v) is 2.71. The van der Waals surface area contributed by atoms with Crippen molar-refractivity contribution in [3.8, 4) is 17.2 Å². The lowest BCUT2D eigenvalue weighted by atomic mass is 10.1. The van der Waals surface area contributed by atoms with Crippen molar-refractivity contribution in [1.29, 1.82) is 0 Å². The molecule has 3 aromatic rings. The number of carbonyl (C=O) groups is 2. The van der Waals surface area contributed by atoms with Crippen molar-refractivity contribution >= 4 is 11.9 Å². The minimum atomic E-state index is -0.509. The molecular weight excluding hydrogens is 360 g/mol. The number of esters is 1. The Morgan fingerprint density at radius 2 is 1.86 bits per heavy atom. The zero-order chi connectivity index (χ0) is 20.1. The number of methoxy groups -OCH3 is 2. The van der Waals surface area contributed by atoms with Crippen molar-refractivity contribution < 1.29 is 23.5 Å². The van der Waals surface area contributed by atoms with Crippen LogP contribution in [0.15, 0.2) is 52.9 Å². The van der Waals surface area contributed by atoms with E-state index < -0.39 is 5.97 Å². The number of carbonyl (C=O) groups excluding carboxylic acids is 2. The Morgan fingerprint density at radius 1 is 1.11 bits per heavy atom. The van der Waals surface area contributed by atoms with Crippen LogP contribution in [-0.2, 0) is 11.3 Å². The van der Waals surface area contributed by atoms with Crippen molar-refractivity contribution in [3.63, 3.8) is 0 Å². The molecule has 0 radical (unpaired) electrons. The second kappa shape index (κ2) is 8.39. The first-order valence-electron chi connectivity index (χ1n) is 8.59. The molecule has 0 saturated heterocycles. The summed E-state index contributed by atoms with van der Waals surface area (Å²) in [7, 11) is 2.77. The second-order valence-electron chi connectivity index (χ2n) is 6.00. The molecular formula is C21H20N2O5. The third kappa shape index (κ3) is 4.03. The number of rotatable bonds is 6. The predicted octanol–water partition coefficient (Wildman–Crippen LogP) is 3.38. The Balaban J connectivity index is 1.74. The fraction of sp³-hybridized carbons (Fsp3) is 0.190. The van der Waals surface area contributed by atoms with E-state index in [1.807, 2.05) is 30.3 Å². The molecule has 7 heteroatoms. The largest absolute Gasteiger partial charge is 0.496 e. The first kappa shape index (κ1) is 19.2. The van der Waals surface area contributed by atoms with Crippen LogP contribution in [0.1, 0.15) is 32.2 Å². The number of aryl methyl sites for hydroxylation is 1. The van der Waals surface area contributed by atoms with Gasteiger partial charge in [-0.15, -0.1) is 0 Å². The minimum absolute atomic E-state index is 0.208. The van der Waals surface area contributed by atoms with Crippen LogP contribution in [0.3, 0.4) is 0 Å². The number of nitrogens with zero attached hydrogens (tertiary/aromatic N) is 1. The third-order valence-corrected chi connectivity index (χ3v) is 4.15. The van der Waals surface area contributed by atoms with E-state index in [4.69, 9.17) is 13.9 Å². The Kier molecular flexibility index (Phi) is 5.74. The molecule has 1 N–H and O–H groups in total. The van der Waals surface area contributed by atoms with Crippen LogP contribution in [0, 0.1) is 6.92 Å². The number of hydrogen-bond acceptors (Lipinski definition) is 6. The van der Waals surface area contributed by atoms with E-state index in [-0.39, 0.29) is 18.1 Å². The van der Waals surface area contributed by atoms with E-state index in [0.29, 0.717) is 23.0 Å². The Morgan fingerprint density at radius 3 is 2.54 bits per heavy atom. The molecule has 7 nitrogen and oxygen atoms in total. The number of aromatic nitrogens is 1. The molecule has 0 saturated carbocycles. The molecule has 1 heterocycles. The Hall–Kier alpha value is -3.61. The summed E-state index contributed by atoms with van der Waals surface area (Å²) in [5.74, 6) is 0.354. The zero-order valence-corrected chi connectivity index (χ0v) is 15.8. The highest BCUT2D eigenvalue weighted by molar-refractivity contribution is 5.94. The Bertz CT molecular complexity index is 995. The summed E-state index contributed by atoms with van der Waals surface area (Å²) in [6, 6.07) is 14.4. The lowest BCUT2D eigenvalue weighted by Gasteiger charge is -2.10. The van der Waals surface area contributed by atoms with Gasteiger partial charge in [0.25, 0.3) is 5.91 Å². The molecule has 2 aromatic carbocycles. The van der Waals surface area contributed by atoms with Crippen LogP contribution in [0.25, 0.3) is 11.5 Å². The molecule has 3 rings (SSSR count). The van der Waals surface area contributed by atoms with E-state index in [9.17, 15) is 9.59 Å². The van der Waals surface area contributed by atoms with Gasteiger partial charge in [0.2, 0.25) is 5.89 Å². The number of oxazole rings is 1. The molecule has 1 amide bonds. The number of amides is 1. The normalized spacial score (nSPS) is 10.4. The molecule has 1 aromatic heterocycles. The van der Waals surface area contributed by atoms with Gasteiger partial charge < -0.3 is 19.2 Å². The van der Waals surface area contributed by atoms with E-state index in [1.165, 1.54) is 14.2 Å². The number of ether oxygens (including phenoxy) is 2. The number of hydrogen-bond donors (Lipinski definition) is 1. The quantitative estimate of drug-likeness (QED) is 0.660. The molecule has 0 bridgehead atoms. The molecule has 0 atom stereocenters. The average molecular weight is 380 g/mol. The van der Waals surface area contributed by atoms with Crippen LogP contribution < -0.4 is 10.1 Å². The summed E-state index contributed by atoms with van der Waals surface area (Å²) in [6.45, 7) is 1.90. The van der Waals surface area contributed by atoms with Crippen molar-refractivity contribution in [2.24, 2.45) is 0 Å². The summed E-state index contributed by atoms with van der Waals surface area (Å²) >= 11 is 0. The van der Waals surface area contributed by atoms with Crippen molar-refractivity contribution in [2.75, 3.05) is 14.2 Å². The first-order valence-corrected chi connectivity index (χ1v) is 8.59. The maximum absolute atomic E-state index is 12.5. The van der Waals surface area contributed by atoms with Crippen LogP contribution in [0.4, 0.5) is 0 Å². The van der Waals surface area contributed by atoms with E-state index in [0.717, 1.165) is 11.1 Å². The molecule has 144 valence electrons. The summed E-state index contributed by atoms with van der Waals surface area (Å²) in [5, 5.41) is 2.79. The molecule has 0 aliphatic heterocycles. The maximum Gasteiger partial charge on any atom is 0.341 e. The van der Waals surface area contributed by atoms with E-state index in [2.05, 4.69) is 10.3 Å². The van der Waals surface area contributed by atoms with Crippen molar-refractivity contribution in [3.05, 3.63) is 71.1 Å². The maximum atomic E-state index is 12.5. The van der Waals surface area contributed by atoms with Crippen LogP contribution in [0.2, 0.25) is 0 Å². The lowest BCUT2D eigenvalue weighted by Crippen LogP contribution is -2.24. The smallest absolute Gasteiger partial charge is 0.341 e. The first-order chi connectivity index (χ1) is 13.5. The highest BCUT2D eigenvalue weighted by Gasteiger charge is 2.18. The van der Waals surface area contributed by atoms with Crippen molar-refractivity contribution in [2.45, 2.75) is 13.5 Å². The fourth-order valence-electron chi connectivity index (χ4n) is 2.71. The van der Waals surface area contributed by atoms with Gasteiger partial charge in [0.1, 0.15) is 17.1 Å². The van der Waals surface area contributed by atoms with Gasteiger partial charge in [-0.25, -0.2) is 9.78 Å². The summed E-state index contributed by atoms with van der Waals surface area (Å²) in [4.78, 5) is 28.7. The minimum Gasteiger partial charge on any atom is -0.496 e. The SMILES string of the molecule is COC(=O)c1cc(CNC(=O)c2nc(-c3ccccc3)oc2C)ccc1OC. The number of benzene rings is 2. The topological polar surface area (TPSA) is 90.7 Å². The lowest BCUT2D eigenvalue weighted by molar-refractivity contribution is 0.0597. The molecule has 0 unspecified atom stereocenters. The van der Waals surface area contributed by atoms with Gasteiger partial charge in [-0.1, -0.05) is 24.3 Å². The van der Waals surface area contributed by atoms with E-state index >= 15 is 0 Å². The predicted molar refractivity (Wildman–Crippen MR) is 102 cm³/mol. The second-order valence-corrected chi connectivity index (χ2v) is 6.00.